The first-order valence-corrected chi connectivity index (χ1v) is 5.14. The number of fused-ring (bicyclic) bond motifs is 1. The normalized spacial score (nSPS) is 10.8. The van der Waals surface area contributed by atoms with Crippen molar-refractivity contribution in [3.05, 3.63) is 42.6 Å². The predicted octanol–water partition coefficient (Wildman–Crippen LogP) is 1.68. The number of phenols is 1. The Labute approximate surface area is 97.1 Å². The van der Waals surface area contributed by atoms with Crippen LogP contribution in [-0.4, -0.2) is 19.7 Å². The highest BCUT2D eigenvalue weighted by Gasteiger charge is 2.05. The molecule has 2 heterocycles. The van der Waals surface area contributed by atoms with Crippen LogP contribution in [0, 0.1) is 0 Å². The van der Waals surface area contributed by atoms with Gasteiger partial charge in [0.15, 0.2) is 5.65 Å². The van der Waals surface area contributed by atoms with E-state index in [1.165, 1.54) is 0 Å². The molecule has 5 nitrogen and oxygen atoms in total. The van der Waals surface area contributed by atoms with Gasteiger partial charge in [-0.25, -0.2) is 4.52 Å². The topological polar surface area (TPSA) is 76.4 Å². The maximum atomic E-state index is 9.77. The first kappa shape index (κ1) is 9.65. The molecule has 0 amide bonds. The number of aromatic hydroxyl groups is 1. The minimum Gasteiger partial charge on any atom is -0.507 e. The summed E-state index contributed by atoms with van der Waals surface area (Å²) in [5, 5.41) is 13.8. The van der Waals surface area contributed by atoms with Crippen LogP contribution in [0.2, 0.25) is 0 Å². The van der Waals surface area contributed by atoms with Crippen molar-refractivity contribution in [1.82, 2.24) is 14.6 Å². The Morgan fingerprint density at radius 1 is 1.12 bits per heavy atom. The van der Waals surface area contributed by atoms with E-state index in [4.69, 9.17) is 5.73 Å². The second-order valence-corrected chi connectivity index (χ2v) is 3.71. The van der Waals surface area contributed by atoms with Crippen LogP contribution in [0.15, 0.2) is 42.6 Å². The van der Waals surface area contributed by atoms with Gasteiger partial charge in [0.1, 0.15) is 5.75 Å². The monoisotopic (exact) mass is 226 g/mol. The number of anilines is 1. The summed E-state index contributed by atoms with van der Waals surface area (Å²) in [7, 11) is 0. The molecular formula is C12H10N4O. The van der Waals surface area contributed by atoms with Crippen molar-refractivity contribution >= 4 is 11.6 Å². The van der Waals surface area contributed by atoms with E-state index in [0.29, 0.717) is 5.65 Å². The molecule has 0 saturated carbocycles. The fourth-order valence-electron chi connectivity index (χ4n) is 1.78. The van der Waals surface area contributed by atoms with Crippen molar-refractivity contribution in [3.8, 4) is 16.9 Å². The van der Waals surface area contributed by atoms with E-state index < -0.39 is 0 Å². The molecule has 0 spiro atoms. The van der Waals surface area contributed by atoms with E-state index in [2.05, 4.69) is 10.1 Å². The van der Waals surface area contributed by atoms with Gasteiger partial charge < -0.3 is 10.8 Å². The molecule has 0 radical (unpaired) electrons. The van der Waals surface area contributed by atoms with E-state index in [9.17, 15) is 5.11 Å². The molecule has 84 valence electrons. The number of para-hydroxylation sites is 1. The summed E-state index contributed by atoms with van der Waals surface area (Å²) < 4.78 is 1.59. The lowest BCUT2D eigenvalue weighted by Crippen LogP contribution is -1.90. The fraction of sp³-hybridized carbons (Fsp3) is 0. The molecule has 3 N–H and O–H groups in total. The minimum absolute atomic E-state index is 0.236. The Bertz CT molecular complexity index is 690. The highest BCUT2D eigenvalue weighted by Crippen LogP contribution is 2.28. The van der Waals surface area contributed by atoms with Gasteiger partial charge in [0, 0.05) is 17.3 Å². The van der Waals surface area contributed by atoms with Gasteiger partial charge in [0.25, 0.3) is 0 Å². The number of pyridine rings is 1. The number of nitrogens with zero attached hydrogens (tertiary/aromatic N) is 3. The molecule has 17 heavy (non-hydrogen) atoms. The summed E-state index contributed by atoms with van der Waals surface area (Å²) in [6.45, 7) is 0. The molecule has 0 fully saturated rings. The predicted molar refractivity (Wildman–Crippen MR) is 64.5 cm³/mol. The Hall–Kier alpha value is -2.56. The van der Waals surface area contributed by atoms with Gasteiger partial charge in [-0.2, -0.15) is 4.98 Å². The minimum atomic E-state index is 0.236. The second kappa shape index (κ2) is 3.48. The Balaban J connectivity index is 2.21. The van der Waals surface area contributed by atoms with Gasteiger partial charge in [0.05, 0.1) is 0 Å². The number of hydrogen-bond acceptors (Lipinski definition) is 4. The van der Waals surface area contributed by atoms with Crippen molar-refractivity contribution in [2.24, 2.45) is 0 Å². The zero-order chi connectivity index (χ0) is 11.8. The number of phenolic OH excluding ortho intramolecular Hbond substituents is 1. The van der Waals surface area contributed by atoms with Gasteiger partial charge in [-0.1, -0.05) is 18.2 Å². The first-order valence-electron chi connectivity index (χ1n) is 5.14. The van der Waals surface area contributed by atoms with Crippen molar-refractivity contribution < 1.29 is 5.11 Å². The number of aromatic nitrogens is 3. The summed E-state index contributed by atoms with van der Waals surface area (Å²) in [6, 6.07) is 10.8. The average molecular weight is 226 g/mol. The summed E-state index contributed by atoms with van der Waals surface area (Å²) in [4.78, 5) is 4.04. The van der Waals surface area contributed by atoms with Crippen molar-refractivity contribution in [1.29, 1.82) is 0 Å². The molecular weight excluding hydrogens is 216 g/mol. The number of hydrogen-bond donors (Lipinski definition) is 2. The SMILES string of the molecule is Nc1nc2ccc(-c3ccccc3O)cn2n1. The molecule has 3 rings (SSSR count). The Morgan fingerprint density at radius 3 is 2.76 bits per heavy atom. The van der Waals surface area contributed by atoms with Gasteiger partial charge in [-0.15, -0.1) is 5.10 Å². The lowest BCUT2D eigenvalue weighted by molar-refractivity contribution is 0.477. The lowest BCUT2D eigenvalue weighted by atomic mass is 10.1. The van der Waals surface area contributed by atoms with Crippen LogP contribution in [0.4, 0.5) is 5.95 Å². The Morgan fingerprint density at radius 2 is 1.94 bits per heavy atom. The molecule has 3 aromatic rings. The van der Waals surface area contributed by atoms with Crippen molar-refractivity contribution in [2.75, 3.05) is 5.73 Å². The van der Waals surface area contributed by atoms with E-state index in [-0.39, 0.29) is 11.7 Å². The van der Waals surface area contributed by atoms with Crippen molar-refractivity contribution in [2.45, 2.75) is 0 Å². The molecule has 0 unspecified atom stereocenters. The highest BCUT2D eigenvalue weighted by molar-refractivity contribution is 5.70. The van der Waals surface area contributed by atoms with E-state index >= 15 is 0 Å². The third-order valence-corrected chi connectivity index (χ3v) is 2.56. The summed E-state index contributed by atoms with van der Waals surface area (Å²) in [6.07, 6.45) is 1.79. The summed E-state index contributed by atoms with van der Waals surface area (Å²) >= 11 is 0. The molecule has 0 atom stereocenters. The number of nitrogens with two attached hydrogens (primary N) is 1. The van der Waals surface area contributed by atoms with Crippen LogP contribution >= 0.6 is 0 Å². The second-order valence-electron chi connectivity index (χ2n) is 3.71. The molecule has 5 heteroatoms. The number of nitrogen functional groups attached to an aromatic ring is 1. The number of benzene rings is 1. The smallest absolute Gasteiger partial charge is 0.240 e. The van der Waals surface area contributed by atoms with Crippen LogP contribution in [-0.2, 0) is 0 Å². The molecule has 0 bridgehead atoms. The van der Waals surface area contributed by atoms with E-state index in [1.807, 2.05) is 24.3 Å². The van der Waals surface area contributed by atoms with Crippen LogP contribution in [0.3, 0.4) is 0 Å². The third-order valence-electron chi connectivity index (χ3n) is 2.56. The molecule has 0 saturated heterocycles. The zero-order valence-corrected chi connectivity index (χ0v) is 8.91. The van der Waals surface area contributed by atoms with Crippen LogP contribution < -0.4 is 5.73 Å². The van der Waals surface area contributed by atoms with Gasteiger partial charge in [0.2, 0.25) is 5.95 Å². The summed E-state index contributed by atoms with van der Waals surface area (Å²) in [5.74, 6) is 0.472. The average Bonchev–Trinajstić information content (AvgIpc) is 2.68. The Kier molecular flexibility index (Phi) is 1.98. The third kappa shape index (κ3) is 1.57. The quantitative estimate of drug-likeness (QED) is 0.662. The largest absolute Gasteiger partial charge is 0.507 e. The standard InChI is InChI=1S/C12H10N4O/c13-12-14-11-6-5-8(7-16(11)15-12)9-3-1-2-4-10(9)17/h1-7,17H,(H2,13,15). The van der Waals surface area contributed by atoms with Crippen LogP contribution in [0.25, 0.3) is 16.8 Å². The maximum Gasteiger partial charge on any atom is 0.240 e. The van der Waals surface area contributed by atoms with Crippen molar-refractivity contribution in [3.63, 3.8) is 0 Å². The molecule has 0 aliphatic rings. The molecule has 1 aromatic carbocycles. The zero-order valence-electron chi connectivity index (χ0n) is 8.91. The van der Waals surface area contributed by atoms with Crippen LogP contribution in [0.1, 0.15) is 0 Å². The summed E-state index contributed by atoms with van der Waals surface area (Å²) in [5.41, 5.74) is 7.81. The lowest BCUT2D eigenvalue weighted by Gasteiger charge is -2.04. The fourth-order valence-corrected chi connectivity index (χ4v) is 1.78. The molecule has 2 aromatic heterocycles. The maximum absolute atomic E-state index is 9.77. The van der Waals surface area contributed by atoms with E-state index in [1.54, 1.807) is 22.8 Å². The first-order chi connectivity index (χ1) is 8.24. The van der Waals surface area contributed by atoms with Gasteiger partial charge in [-0.3, -0.25) is 0 Å². The highest BCUT2D eigenvalue weighted by atomic mass is 16.3. The van der Waals surface area contributed by atoms with E-state index in [0.717, 1.165) is 11.1 Å². The van der Waals surface area contributed by atoms with Gasteiger partial charge in [-0.05, 0) is 18.2 Å². The van der Waals surface area contributed by atoms with Gasteiger partial charge >= 0.3 is 0 Å². The molecule has 0 aliphatic carbocycles. The molecule has 0 aliphatic heterocycles. The van der Waals surface area contributed by atoms with Crippen LogP contribution in [0.5, 0.6) is 5.75 Å². The number of rotatable bonds is 1.